The molecule has 32 heavy (non-hydrogen) atoms. The number of fused-ring (bicyclic) bond motifs is 1. The Kier molecular flexibility index (Phi) is 6.14. The molecule has 0 unspecified atom stereocenters. The normalized spacial score (nSPS) is 10.7. The van der Waals surface area contributed by atoms with Gasteiger partial charge in [-0.2, -0.15) is 0 Å². The molecule has 1 amide bonds. The average molecular weight is 450 g/mol. The highest BCUT2D eigenvalue weighted by molar-refractivity contribution is 6.31. The number of methoxy groups -OCH3 is 1. The van der Waals surface area contributed by atoms with Crippen molar-refractivity contribution >= 4 is 39.9 Å². The summed E-state index contributed by atoms with van der Waals surface area (Å²) in [6, 6.07) is 18.9. The number of benzene rings is 3. The van der Waals surface area contributed by atoms with E-state index in [1.165, 1.54) is 0 Å². The van der Waals surface area contributed by atoms with Crippen LogP contribution in [0.5, 0.6) is 11.5 Å². The van der Waals surface area contributed by atoms with Gasteiger partial charge in [0.1, 0.15) is 17.1 Å². The van der Waals surface area contributed by atoms with Crippen molar-refractivity contribution in [3.05, 3.63) is 88.6 Å². The highest BCUT2D eigenvalue weighted by atomic mass is 35.5. The van der Waals surface area contributed by atoms with E-state index in [1.807, 2.05) is 13.0 Å². The van der Waals surface area contributed by atoms with Crippen LogP contribution >= 0.6 is 11.6 Å². The third-order valence-electron chi connectivity index (χ3n) is 4.92. The maximum atomic E-state index is 13.1. The van der Waals surface area contributed by atoms with E-state index in [2.05, 4.69) is 5.32 Å². The Morgan fingerprint density at radius 2 is 1.72 bits per heavy atom. The van der Waals surface area contributed by atoms with Crippen molar-refractivity contribution in [2.45, 2.75) is 6.92 Å². The SMILES string of the molecule is COc1ccc(C(=O)c2oc3ccccc3c2NC(=O)COc2ccc(Cl)c(C)c2)cc1. The van der Waals surface area contributed by atoms with Gasteiger partial charge in [0.05, 0.1) is 12.8 Å². The van der Waals surface area contributed by atoms with Crippen LogP contribution in [0.2, 0.25) is 5.02 Å². The predicted molar refractivity (Wildman–Crippen MR) is 123 cm³/mol. The molecule has 0 saturated heterocycles. The first kappa shape index (κ1) is 21.5. The number of anilines is 1. The van der Waals surface area contributed by atoms with E-state index in [9.17, 15) is 9.59 Å². The number of carbonyl (C=O) groups excluding carboxylic acids is 2. The van der Waals surface area contributed by atoms with Crippen LogP contribution in [0.1, 0.15) is 21.7 Å². The van der Waals surface area contributed by atoms with E-state index in [0.29, 0.717) is 38.7 Å². The van der Waals surface area contributed by atoms with Gasteiger partial charge in [-0.3, -0.25) is 9.59 Å². The fourth-order valence-electron chi connectivity index (χ4n) is 3.23. The second-order valence-electron chi connectivity index (χ2n) is 7.11. The molecule has 0 aliphatic carbocycles. The summed E-state index contributed by atoms with van der Waals surface area (Å²) < 4.78 is 16.5. The minimum Gasteiger partial charge on any atom is -0.497 e. The van der Waals surface area contributed by atoms with Gasteiger partial charge in [0, 0.05) is 16.0 Å². The lowest BCUT2D eigenvalue weighted by molar-refractivity contribution is -0.118. The molecule has 0 aliphatic heterocycles. The summed E-state index contributed by atoms with van der Waals surface area (Å²) in [6.07, 6.45) is 0. The fourth-order valence-corrected chi connectivity index (χ4v) is 3.35. The van der Waals surface area contributed by atoms with Crippen molar-refractivity contribution < 1.29 is 23.5 Å². The second-order valence-corrected chi connectivity index (χ2v) is 7.52. The highest BCUT2D eigenvalue weighted by Gasteiger charge is 2.23. The van der Waals surface area contributed by atoms with Crippen molar-refractivity contribution in [3.8, 4) is 11.5 Å². The van der Waals surface area contributed by atoms with E-state index in [-0.39, 0.29) is 18.2 Å². The van der Waals surface area contributed by atoms with Gasteiger partial charge in [-0.15, -0.1) is 0 Å². The van der Waals surface area contributed by atoms with Crippen LogP contribution in [0.15, 0.2) is 71.1 Å². The quantitative estimate of drug-likeness (QED) is 0.369. The Morgan fingerprint density at radius 1 is 1.00 bits per heavy atom. The summed E-state index contributed by atoms with van der Waals surface area (Å²) >= 11 is 6.02. The van der Waals surface area contributed by atoms with Gasteiger partial charge in [0.15, 0.2) is 12.4 Å². The molecular formula is C25H20ClNO5. The molecule has 0 bridgehead atoms. The molecule has 0 aliphatic rings. The number of ketones is 1. The summed E-state index contributed by atoms with van der Waals surface area (Å²) in [7, 11) is 1.55. The number of aryl methyl sites for hydroxylation is 1. The molecule has 162 valence electrons. The number of furan rings is 1. The maximum Gasteiger partial charge on any atom is 0.262 e. The Balaban J connectivity index is 1.58. The average Bonchev–Trinajstić information content (AvgIpc) is 3.17. The van der Waals surface area contributed by atoms with E-state index >= 15 is 0 Å². The number of para-hydroxylation sites is 1. The van der Waals surface area contributed by atoms with Gasteiger partial charge >= 0.3 is 0 Å². The largest absolute Gasteiger partial charge is 0.497 e. The third-order valence-corrected chi connectivity index (χ3v) is 5.34. The molecule has 0 fully saturated rings. The molecule has 1 heterocycles. The lowest BCUT2D eigenvalue weighted by Crippen LogP contribution is -2.21. The molecule has 4 aromatic rings. The first-order valence-corrected chi connectivity index (χ1v) is 10.2. The van der Waals surface area contributed by atoms with Crippen molar-refractivity contribution in [2.75, 3.05) is 19.0 Å². The van der Waals surface area contributed by atoms with Gasteiger partial charge in [-0.05, 0) is 67.1 Å². The summed E-state index contributed by atoms with van der Waals surface area (Å²) in [4.78, 5) is 25.8. The molecule has 6 nitrogen and oxygen atoms in total. The van der Waals surface area contributed by atoms with Crippen LogP contribution in [0.3, 0.4) is 0 Å². The molecular weight excluding hydrogens is 430 g/mol. The molecule has 1 aromatic heterocycles. The fraction of sp³-hybridized carbons (Fsp3) is 0.120. The minimum atomic E-state index is -0.423. The number of nitrogens with one attached hydrogen (secondary N) is 1. The Labute approximate surface area is 189 Å². The van der Waals surface area contributed by atoms with E-state index in [4.69, 9.17) is 25.5 Å². The zero-order valence-electron chi connectivity index (χ0n) is 17.5. The van der Waals surface area contributed by atoms with Crippen molar-refractivity contribution in [2.24, 2.45) is 0 Å². The molecule has 7 heteroatoms. The number of rotatable bonds is 7. The van der Waals surface area contributed by atoms with E-state index < -0.39 is 5.91 Å². The van der Waals surface area contributed by atoms with Gasteiger partial charge in [-0.1, -0.05) is 23.7 Å². The molecule has 0 saturated carbocycles. The number of amides is 1. The van der Waals surface area contributed by atoms with Gasteiger partial charge in [0.25, 0.3) is 5.91 Å². The van der Waals surface area contributed by atoms with Crippen molar-refractivity contribution in [1.29, 1.82) is 0 Å². The Morgan fingerprint density at radius 3 is 2.44 bits per heavy atom. The molecule has 1 N–H and O–H groups in total. The molecule has 0 atom stereocenters. The monoisotopic (exact) mass is 449 g/mol. The number of ether oxygens (including phenoxy) is 2. The Bertz CT molecular complexity index is 1290. The maximum absolute atomic E-state index is 13.1. The molecule has 0 spiro atoms. The predicted octanol–water partition coefficient (Wildman–Crippen LogP) is 5.65. The van der Waals surface area contributed by atoms with Gasteiger partial charge in [-0.25, -0.2) is 0 Å². The smallest absolute Gasteiger partial charge is 0.262 e. The molecule has 4 rings (SSSR count). The third kappa shape index (κ3) is 4.45. The highest BCUT2D eigenvalue weighted by Crippen LogP contribution is 2.33. The zero-order valence-corrected chi connectivity index (χ0v) is 18.2. The standard InChI is InChI=1S/C25H20ClNO5/c1-15-13-18(11-12-20(15)26)31-14-22(28)27-23-19-5-3-4-6-21(19)32-25(23)24(29)16-7-9-17(30-2)10-8-16/h3-13H,14H2,1-2H3,(H,27,28). The summed E-state index contributed by atoms with van der Waals surface area (Å²) in [5.41, 5.74) is 2.06. The topological polar surface area (TPSA) is 77.8 Å². The number of carbonyl (C=O) groups is 2. The lowest BCUT2D eigenvalue weighted by Gasteiger charge is -2.09. The first-order valence-electron chi connectivity index (χ1n) is 9.85. The summed E-state index contributed by atoms with van der Waals surface area (Å²) in [5, 5.41) is 4.02. The summed E-state index contributed by atoms with van der Waals surface area (Å²) in [6.45, 7) is 1.61. The van der Waals surface area contributed by atoms with Crippen LogP contribution < -0.4 is 14.8 Å². The number of hydrogen-bond acceptors (Lipinski definition) is 5. The summed E-state index contributed by atoms with van der Waals surface area (Å²) in [5.74, 6) is 0.427. The van der Waals surface area contributed by atoms with Gasteiger partial charge < -0.3 is 19.2 Å². The van der Waals surface area contributed by atoms with Crippen LogP contribution in [-0.2, 0) is 4.79 Å². The van der Waals surface area contributed by atoms with Gasteiger partial charge in [0.2, 0.25) is 5.78 Å². The van der Waals surface area contributed by atoms with E-state index in [0.717, 1.165) is 5.56 Å². The van der Waals surface area contributed by atoms with Crippen LogP contribution in [0.4, 0.5) is 5.69 Å². The van der Waals surface area contributed by atoms with E-state index in [1.54, 1.807) is 67.8 Å². The van der Waals surface area contributed by atoms with Crippen LogP contribution in [0, 0.1) is 6.92 Å². The minimum absolute atomic E-state index is 0.0482. The number of halogens is 1. The van der Waals surface area contributed by atoms with Crippen molar-refractivity contribution in [3.63, 3.8) is 0 Å². The first-order chi connectivity index (χ1) is 15.5. The Hall–Kier alpha value is -3.77. The molecule has 3 aromatic carbocycles. The number of hydrogen-bond donors (Lipinski definition) is 1. The zero-order chi connectivity index (χ0) is 22.7. The van der Waals surface area contributed by atoms with Crippen molar-refractivity contribution in [1.82, 2.24) is 0 Å². The lowest BCUT2D eigenvalue weighted by atomic mass is 10.1. The second kappa shape index (κ2) is 9.16. The molecule has 0 radical (unpaired) electrons. The van der Waals surface area contributed by atoms with Crippen LogP contribution in [0.25, 0.3) is 11.0 Å². The van der Waals surface area contributed by atoms with Crippen LogP contribution in [-0.4, -0.2) is 25.4 Å².